The van der Waals surface area contributed by atoms with Gasteiger partial charge in [0.05, 0.1) is 23.4 Å². The summed E-state index contributed by atoms with van der Waals surface area (Å²) in [6, 6.07) is 3.78. The van der Waals surface area contributed by atoms with Gasteiger partial charge in [-0.2, -0.15) is 10.1 Å². The van der Waals surface area contributed by atoms with Gasteiger partial charge in [0.2, 0.25) is 5.88 Å². The highest BCUT2D eigenvalue weighted by atomic mass is 16.5. The molecule has 6 nitrogen and oxygen atoms in total. The van der Waals surface area contributed by atoms with Crippen LogP contribution in [-0.4, -0.2) is 31.3 Å². The van der Waals surface area contributed by atoms with Crippen molar-refractivity contribution >= 4 is 11.2 Å². The number of nitrogens with zero attached hydrogens (tertiary/aromatic N) is 4. The lowest BCUT2D eigenvalue weighted by molar-refractivity contribution is 0.328. The number of fused-ring (bicyclic) bond motifs is 1. The van der Waals surface area contributed by atoms with Crippen LogP contribution in [0.25, 0.3) is 22.6 Å². The Morgan fingerprint density at radius 2 is 2.05 bits per heavy atom. The lowest BCUT2D eigenvalue weighted by Crippen LogP contribution is -1.93. The van der Waals surface area contributed by atoms with Gasteiger partial charge in [-0.15, -0.1) is 0 Å². The molecule has 3 heterocycles. The van der Waals surface area contributed by atoms with E-state index in [-0.39, 0.29) is 0 Å². The molecule has 0 bridgehead atoms. The molecule has 0 saturated carbocycles. The van der Waals surface area contributed by atoms with Crippen molar-refractivity contribution in [3.05, 3.63) is 23.5 Å². The predicted octanol–water partition coefficient (Wildman–Crippen LogP) is 2.37. The molecule has 0 spiro atoms. The third-order valence-corrected chi connectivity index (χ3v) is 3.36. The molecule has 6 heteroatoms. The minimum atomic E-state index is 0.594. The van der Waals surface area contributed by atoms with Gasteiger partial charge in [-0.05, 0) is 26.8 Å². The Morgan fingerprint density at radius 1 is 1.25 bits per heavy atom. The summed E-state index contributed by atoms with van der Waals surface area (Å²) in [6.45, 7) is 6.54. The SMILES string of the molecule is CCOc1ccc2[nH]c(-c3c(C)nn(C)c3C)nc2n1. The van der Waals surface area contributed by atoms with Crippen LogP contribution in [-0.2, 0) is 7.05 Å². The molecule has 0 unspecified atom stereocenters. The van der Waals surface area contributed by atoms with Crippen molar-refractivity contribution in [2.45, 2.75) is 20.8 Å². The maximum Gasteiger partial charge on any atom is 0.215 e. The number of nitrogens with one attached hydrogen (secondary N) is 1. The van der Waals surface area contributed by atoms with Crippen LogP contribution >= 0.6 is 0 Å². The molecule has 3 aromatic heterocycles. The van der Waals surface area contributed by atoms with Crippen LogP contribution in [0.3, 0.4) is 0 Å². The van der Waals surface area contributed by atoms with Crippen LogP contribution < -0.4 is 4.74 Å². The minimum Gasteiger partial charge on any atom is -0.478 e. The highest BCUT2D eigenvalue weighted by Gasteiger charge is 2.16. The molecule has 1 N–H and O–H groups in total. The van der Waals surface area contributed by atoms with Crippen molar-refractivity contribution in [1.82, 2.24) is 24.7 Å². The zero-order valence-corrected chi connectivity index (χ0v) is 12.1. The molecular weight excluding hydrogens is 254 g/mol. The van der Waals surface area contributed by atoms with Crippen LogP contribution in [0.2, 0.25) is 0 Å². The van der Waals surface area contributed by atoms with E-state index in [1.165, 1.54) is 0 Å². The molecule has 0 aromatic carbocycles. The Bertz CT molecular complexity index is 771. The average Bonchev–Trinajstić information content (AvgIpc) is 2.91. The van der Waals surface area contributed by atoms with Crippen molar-refractivity contribution in [3.8, 4) is 17.3 Å². The maximum atomic E-state index is 5.40. The number of rotatable bonds is 3. The molecule has 0 aliphatic rings. The Kier molecular flexibility index (Phi) is 2.93. The van der Waals surface area contributed by atoms with Gasteiger partial charge < -0.3 is 9.72 Å². The predicted molar refractivity (Wildman–Crippen MR) is 76.7 cm³/mol. The van der Waals surface area contributed by atoms with Crippen molar-refractivity contribution in [2.75, 3.05) is 6.61 Å². The molecule has 20 heavy (non-hydrogen) atoms. The second-order valence-electron chi connectivity index (χ2n) is 4.71. The molecular formula is C14H17N5O. The van der Waals surface area contributed by atoms with Gasteiger partial charge in [0, 0.05) is 18.8 Å². The highest BCUT2D eigenvalue weighted by molar-refractivity contribution is 5.77. The van der Waals surface area contributed by atoms with Crippen molar-refractivity contribution in [1.29, 1.82) is 0 Å². The van der Waals surface area contributed by atoms with Gasteiger partial charge in [0.1, 0.15) is 5.82 Å². The smallest absolute Gasteiger partial charge is 0.215 e. The summed E-state index contributed by atoms with van der Waals surface area (Å²) in [4.78, 5) is 12.2. The number of pyridine rings is 1. The number of hydrogen-bond acceptors (Lipinski definition) is 4. The average molecular weight is 271 g/mol. The fourth-order valence-electron chi connectivity index (χ4n) is 2.34. The molecule has 0 amide bonds. The van der Waals surface area contributed by atoms with Gasteiger partial charge in [-0.25, -0.2) is 4.98 Å². The second kappa shape index (κ2) is 4.63. The molecule has 0 radical (unpaired) electrons. The molecule has 3 rings (SSSR count). The third kappa shape index (κ3) is 1.93. The largest absolute Gasteiger partial charge is 0.478 e. The van der Waals surface area contributed by atoms with E-state index in [0.29, 0.717) is 18.1 Å². The monoisotopic (exact) mass is 271 g/mol. The Morgan fingerprint density at radius 3 is 2.70 bits per heavy atom. The van der Waals surface area contributed by atoms with Gasteiger partial charge >= 0.3 is 0 Å². The van der Waals surface area contributed by atoms with Gasteiger partial charge in [-0.1, -0.05) is 0 Å². The van der Waals surface area contributed by atoms with Crippen molar-refractivity contribution < 1.29 is 4.74 Å². The zero-order chi connectivity index (χ0) is 14.3. The molecule has 0 atom stereocenters. The van der Waals surface area contributed by atoms with Gasteiger partial charge in [0.15, 0.2) is 5.65 Å². The van der Waals surface area contributed by atoms with E-state index in [1.807, 2.05) is 44.6 Å². The highest BCUT2D eigenvalue weighted by Crippen LogP contribution is 2.26. The van der Waals surface area contributed by atoms with E-state index in [2.05, 4.69) is 20.1 Å². The van der Waals surface area contributed by atoms with E-state index in [0.717, 1.165) is 28.3 Å². The molecule has 0 saturated heterocycles. The summed E-state index contributed by atoms with van der Waals surface area (Å²) in [5.41, 5.74) is 4.61. The van der Waals surface area contributed by atoms with Crippen LogP contribution in [0.5, 0.6) is 5.88 Å². The normalized spacial score (nSPS) is 11.2. The number of hydrogen-bond donors (Lipinski definition) is 1. The number of aryl methyl sites for hydroxylation is 2. The van der Waals surface area contributed by atoms with Gasteiger partial charge in [-0.3, -0.25) is 4.68 Å². The standard InChI is InChI=1S/C14H17N5O/c1-5-20-11-7-6-10-13(16-11)17-14(15-10)12-8(2)18-19(4)9(12)3/h6-7H,5H2,1-4H3,(H,15,16,17). The summed E-state index contributed by atoms with van der Waals surface area (Å²) in [5, 5.41) is 4.42. The van der Waals surface area contributed by atoms with E-state index in [1.54, 1.807) is 0 Å². The van der Waals surface area contributed by atoms with Crippen molar-refractivity contribution in [3.63, 3.8) is 0 Å². The molecule has 0 aliphatic carbocycles. The summed E-state index contributed by atoms with van der Waals surface area (Å²) < 4.78 is 7.26. The lowest BCUT2D eigenvalue weighted by atomic mass is 10.2. The minimum absolute atomic E-state index is 0.594. The van der Waals surface area contributed by atoms with Crippen molar-refractivity contribution in [2.24, 2.45) is 7.05 Å². The Balaban J connectivity index is 2.13. The van der Waals surface area contributed by atoms with Crippen LogP contribution in [0.15, 0.2) is 12.1 Å². The first-order valence-corrected chi connectivity index (χ1v) is 6.60. The lowest BCUT2D eigenvalue weighted by Gasteiger charge is -1.99. The fraction of sp³-hybridized carbons (Fsp3) is 0.357. The first-order chi connectivity index (χ1) is 9.60. The van der Waals surface area contributed by atoms with E-state index in [9.17, 15) is 0 Å². The summed E-state index contributed by atoms with van der Waals surface area (Å²) in [5.74, 6) is 1.39. The summed E-state index contributed by atoms with van der Waals surface area (Å²) in [6.07, 6.45) is 0. The number of H-pyrrole nitrogens is 1. The van der Waals surface area contributed by atoms with Crippen LogP contribution in [0.1, 0.15) is 18.3 Å². The van der Waals surface area contributed by atoms with E-state index < -0.39 is 0 Å². The molecule has 0 fully saturated rings. The summed E-state index contributed by atoms with van der Waals surface area (Å²) in [7, 11) is 1.93. The van der Waals surface area contributed by atoms with Gasteiger partial charge in [0.25, 0.3) is 0 Å². The first kappa shape index (κ1) is 12.7. The molecule has 3 aromatic rings. The maximum absolute atomic E-state index is 5.40. The van der Waals surface area contributed by atoms with E-state index >= 15 is 0 Å². The Hall–Kier alpha value is -2.37. The number of aromatic nitrogens is 5. The quantitative estimate of drug-likeness (QED) is 0.794. The number of imidazole rings is 1. The number of ether oxygens (including phenoxy) is 1. The second-order valence-corrected chi connectivity index (χ2v) is 4.71. The third-order valence-electron chi connectivity index (χ3n) is 3.36. The molecule has 0 aliphatic heterocycles. The molecule has 104 valence electrons. The number of aromatic amines is 1. The topological polar surface area (TPSA) is 68.6 Å². The first-order valence-electron chi connectivity index (χ1n) is 6.60. The summed E-state index contributed by atoms with van der Waals surface area (Å²) >= 11 is 0. The van der Waals surface area contributed by atoms with E-state index in [4.69, 9.17) is 4.74 Å². The fourth-order valence-corrected chi connectivity index (χ4v) is 2.34. The Labute approximate surface area is 116 Å². The van der Waals surface area contributed by atoms with Crippen LogP contribution in [0.4, 0.5) is 0 Å². The zero-order valence-electron chi connectivity index (χ0n) is 12.1. The van der Waals surface area contributed by atoms with Crippen LogP contribution in [0, 0.1) is 13.8 Å².